The zero-order valence-corrected chi connectivity index (χ0v) is 11.2. The third-order valence-corrected chi connectivity index (χ3v) is 2.07. The Hall–Kier alpha value is 0.325. The number of ether oxygens (including phenoxy) is 1. The number of carbonyl (C=O) groups excluding carboxylic acids is 1. The van der Waals surface area contributed by atoms with Crippen molar-refractivity contribution in [2.24, 2.45) is 5.73 Å². The monoisotopic (exact) mass is 331 g/mol. The van der Waals surface area contributed by atoms with Crippen molar-refractivity contribution in [2.75, 3.05) is 6.54 Å². The molecule has 2 unspecified atom stereocenters. The number of hydrogen-bond acceptors (Lipinski definition) is 4. The van der Waals surface area contributed by atoms with Crippen LogP contribution in [0.3, 0.4) is 0 Å². The van der Waals surface area contributed by atoms with Crippen LogP contribution in [-0.4, -0.2) is 22.3 Å². The molecule has 5 heteroatoms. The van der Waals surface area contributed by atoms with Crippen LogP contribution in [0.15, 0.2) is 0 Å². The summed E-state index contributed by atoms with van der Waals surface area (Å²) in [6.45, 7) is 0.712. The summed E-state index contributed by atoms with van der Waals surface area (Å²) in [5.74, 6) is 0. The molecule has 1 fully saturated rings. The van der Waals surface area contributed by atoms with Gasteiger partial charge in [0.15, 0.2) is 0 Å². The molecule has 4 nitrogen and oxygen atoms in total. The van der Waals surface area contributed by atoms with Gasteiger partial charge in [0.05, 0.1) is 0 Å². The maximum atomic E-state index is 10.5. The number of rotatable bonds is 1. The minimum atomic E-state index is -0.0408. The molecule has 0 bridgehead atoms. The first-order valence-corrected chi connectivity index (χ1v) is 5.95. The molecule has 1 heterocycles. The van der Waals surface area contributed by atoms with Gasteiger partial charge in [-0.25, -0.2) is 0 Å². The summed E-state index contributed by atoms with van der Waals surface area (Å²) in [6, 6.07) is 0. The van der Waals surface area contributed by atoms with Crippen molar-refractivity contribution in [2.45, 2.75) is 18.7 Å². The SMILES string of the molecule is NC1CC(O[C](=O)[Hg])CN1. The van der Waals surface area contributed by atoms with E-state index in [1.54, 1.807) is 0 Å². The van der Waals surface area contributed by atoms with E-state index in [1.807, 2.05) is 0 Å². The summed E-state index contributed by atoms with van der Waals surface area (Å²) in [6.07, 6.45) is 0.792. The summed E-state index contributed by atoms with van der Waals surface area (Å²) in [5, 5.41) is 3.00. The Labute approximate surface area is 75.4 Å². The fraction of sp³-hybridized carbons (Fsp3) is 0.800. The third-order valence-electron chi connectivity index (χ3n) is 1.42. The summed E-state index contributed by atoms with van der Waals surface area (Å²) >= 11 is 0.0916. The van der Waals surface area contributed by atoms with E-state index in [0.717, 1.165) is 6.42 Å². The summed E-state index contributed by atoms with van der Waals surface area (Å²) in [7, 11) is 0. The van der Waals surface area contributed by atoms with Gasteiger partial charge in [-0.1, -0.05) is 0 Å². The molecular weight excluding hydrogens is 321 g/mol. The summed E-state index contributed by atoms with van der Waals surface area (Å²) < 4.78 is 4.95. The third kappa shape index (κ3) is 2.52. The van der Waals surface area contributed by atoms with Crippen molar-refractivity contribution >= 4 is 3.48 Å². The zero-order chi connectivity index (χ0) is 7.56. The van der Waals surface area contributed by atoms with Crippen LogP contribution in [0, 0.1) is 0 Å². The minimum absolute atomic E-state index is 0.0117. The molecule has 1 rings (SSSR count). The van der Waals surface area contributed by atoms with Crippen LogP contribution in [0.1, 0.15) is 6.42 Å². The molecule has 53 valence electrons. The Morgan fingerprint density at radius 3 is 2.90 bits per heavy atom. The van der Waals surface area contributed by atoms with E-state index in [9.17, 15) is 4.79 Å². The topological polar surface area (TPSA) is 64.3 Å². The Bertz CT molecular complexity index is 142. The van der Waals surface area contributed by atoms with Crippen LogP contribution in [0.4, 0.5) is 4.79 Å². The van der Waals surface area contributed by atoms with E-state index in [-0.39, 0.29) is 41.9 Å². The van der Waals surface area contributed by atoms with Crippen LogP contribution in [0.2, 0.25) is 0 Å². The van der Waals surface area contributed by atoms with Crippen molar-refractivity contribution < 1.29 is 35.7 Å². The van der Waals surface area contributed by atoms with Crippen LogP contribution in [0.25, 0.3) is 0 Å². The van der Waals surface area contributed by atoms with Gasteiger partial charge in [-0.2, -0.15) is 0 Å². The van der Waals surface area contributed by atoms with Crippen molar-refractivity contribution in [3.63, 3.8) is 0 Å². The van der Waals surface area contributed by atoms with Crippen molar-refractivity contribution in [3.8, 4) is 0 Å². The first-order chi connectivity index (χ1) is 4.68. The van der Waals surface area contributed by atoms with Gasteiger partial charge in [-0.15, -0.1) is 0 Å². The van der Waals surface area contributed by atoms with Gasteiger partial charge in [-0.3, -0.25) is 0 Å². The van der Waals surface area contributed by atoms with Gasteiger partial charge in [-0.05, 0) is 0 Å². The fourth-order valence-electron chi connectivity index (χ4n) is 1.01. The normalized spacial score (nSPS) is 32.3. The number of hydrogen-bond donors (Lipinski definition) is 2. The van der Waals surface area contributed by atoms with Crippen LogP contribution < -0.4 is 11.1 Å². The van der Waals surface area contributed by atoms with Gasteiger partial charge in [0.1, 0.15) is 0 Å². The molecule has 0 spiro atoms. The molecule has 1 saturated heterocycles. The Morgan fingerprint density at radius 1 is 1.80 bits per heavy atom. The Kier molecular flexibility index (Phi) is 3.07. The van der Waals surface area contributed by atoms with Crippen LogP contribution in [0.5, 0.6) is 0 Å². The van der Waals surface area contributed by atoms with E-state index in [0.29, 0.717) is 6.54 Å². The van der Waals surface area contributed by atoms with Crippen molar-refractivity contribution in [1.29, 1.82) is 0 Å². The molecule has 0 aliphatic carbocycles. The number of nitrogens with one attached hydrogen (secondary N) is 1. The summed E-state index contributed by atoms with van der Waals surface area (Å²) in [4.78, 5) is 10.5. The Balaban J connectivity index is 2.24. The molecule has 3 N–H and O–H groups in total. The molecule has 0 aromatic carbocycles. The molecule has 0 saturated carbocycles. The van der Waals surface area contributed by atoms with Crippen molar-refractivity contribution in [3.05, 3.63) is 0 Å². The second-order valence-electron chi connectivity index (χ2n) is 2.36. The second kappa shape index (κ2) is 3.64. The van der Waals surface area contributed by atoms with E-state index in [2.05, 4.69) is 5.32 Å². The van der Waals surface area contributed by atoms with Gasteiger partial charge in [0.25, 0.3) is 0 Å². The second-order valence-corrected chi connectivity index (χ2v) is 4.61. The molecule has 0 radical (unpaired) electrons. The quantitative estimate of drug-likeness (QED) is 0.626. The van der Waals surface area contributed by atoms with Gasteiger partial charge in [0, 0.05) is 0 Å². The summed E-state index contributed by atoms with van der Waals surface area (Å²) in [5.41, 5.74) is 5.51. The molecule has 2 atom stereocenters. The van der Waals surface area contributed by atoms with E-state index in [4.69, 9.17) is 10.5 Å². The molecule has 1 aliphatic rings. The number of carbonyl (C=O) groups is 1. The first-order valence-electron chi connectivity index (χ1n) is 3.20. The number of nitrogens with two attached hydrogens (primary N) is 1. The van der Waals surface area contributed by atoms with Gasteiger partial charge >= 0.3 is 75.4 Å². The van der Waals surface area contributed by atoms with E-state index in [1.165, 1.54) is 0 Å². The van der Waals surface area contributed by atoms with E-state index < -0.39 is 0 Å². The van der Waals surface area contributed by atoms with Gasteiger partial charge < -0.3 is 0 Å². The average molecular weight is 330 g/mol. The standard InChI is InChI=1S/C5H9N2O2.Hg/c6-5-1-4(2-7-5)9-3-8;/h4-5,7H,1-2,6H2;. The fourth-order valence-corrected chi connectivity index (χ4v) is 1.92. The predicted molar refractivity (Wildman–Crippen MR) is 30.9 cm³/mol. The molecule has 0 aromatic heterocycles. The predicted octanol–water partition coefficient (Wildman–Crippen LogP) is -0.683. The van der Waals surface area contributed by atoms with Crippen molar-refractivity contribution in [1.82, 2.24) is 5.32 Å². The average Bonchev–Trinajstić information content (AvgIpc) is 2.13. The molecule has 10 heavy (non-hydrogen) atoms. The van der Waals surface area contributed by atoms with E-state index >= 15 is 0 Å². The molecular formula is C5H9HgN2O2. The molecule has 1 aliphatic heterocycles. The molecule has 0 amide bonds. The first kappa shape index (κ1) is 8.42. The Morgan fingerprint density at radius 2 is 2.50 bits per heavy atom. The van der Waals surface area contributed by atoms with Gasteiger partial charge in [0.2, 0.25) is 0 Å². The zero-order valence-electron chi connectivity index (χ0n) is 5.67. The molecule has 0 aromatic rings. The maximum absolute atomic E-state index is 10.5. The van der Waals surface area contributed by atoms with Crippen LogP contribution >= 0.6 is 0 Å². The van der Waals surface area contributed by atoms with Crippen LogP contribution in [-0.2, 0) is 30.9 Å².